The molecule has 2 aromatic rings. The molecular formula is C17H20N4O4. The number of carboxylic acids is 1. The zero-order chi connectivity index (χ0) is 17.8. The number of aliphatic carboxylic acids is 1. The number of carbonyl (C=O) groups excluding carboxylic acids is 1. The Balaban J connectivity index is 1.76. The highest BCUT2D eigenvalue weighted by Gasteiger charge is 2.22. The number of amides is 1. The van der Waals surface area contributed by atoms with Crippen LogP contribution < -0.4 is 10.6 Å². The molecular weight excluding hydrogens is 324 g/mol. The van der Waals surface area contributed by atoms with Crippen LogP contribution in [-0.4, -0.2) is 46.3 Å². The Morgan fingerprint density at radius 2 is 2.12 bits per heavy atom. The van der Waals surface area contributed by atoms with Gasteiger partial charge in [0.15, 0.2) is 0 Å². The second-order valence-corrected chi connectivity index (χ2v) is 6.09. The van der Waals surface area contributed by atoms with Crippen LogP contribution in [0.4, 0.5) is 0 Å². The van der Waals surface area contributed by atoms with Crippen molar-refractivity contribution in [2.45, 2.75) is 31.7 Å². The first-order valence-corrected chi connectivity index (χ1v) is 8.23. The van der Waals surface area contributed by atoms with Gasteiger partial charge in [0.05, 0.1) is 0 Å². The van der Waals surface area contributed by atoms with Gasteiger partial charge in [-0.2, -0.15) is 4.98 Å². The molecule has 2 heterocycles. The maximum Gasteiger partial charge on any atom is 0.325 e. The summed E-state index contributed by atoms with van der Waals surface area (Å²) >= 11 is 0. The van der Waals surface area contributed by atoms with Gasteiger partial charge in [0.1, 0.15) is 6.04 Å². The summed E-state index contributed by atoms with van der Waals surface area (Å²) in [7, 11) is 0. The Bertz CT molecular complexity index is 768. The lowest BCUT2D eigenvalue weighted by atomic mass is 9.98. The summed E-state index contributed by atoms with van der Waals surface area (Å²) in [6.07, 6.45) is 1.91. The Kier molecular flexibility index (Phi) is 5.08. The third-order valence-corrected chi connectivity index (χ3v) is 4.23. The molecule has 8 nitrogen and oxygen atoms in total. The highest BCUT2D eigenvalue weighted by atomic mass is 16.5. The fourth-order valence-electron chi connectivity index (χ4n) is 2.73. The van der Waals surface area contributed by atoms with Gasteiger partial charge in [-0.25, -0.2) is 0 Å². The fourth-order valence-corrected chi connectivity index (χ4v) is 2.73. The van der Waals surface area contributed by atoms with E-state index < -0.39 is 17.9 Å². The average molecular weight is 344 g/mol. The summed E-state index contributed by atoms with van der Waals surface area (Å²) in [5.74, 6) is -0.251. The average Bonchev–Trinajstić information content (AvgIpc) is 3.12. The van der Waals surface area contributed by atoms with E-state index >= 15 is 0 Å². The van der Waals surface area contributed by atoms with E-state index in [0.29, 0.717) is 22.8 Å². The number of aromatic nitrogens is 2. The predicted molar refractivity (Wildman–Crippen MR) is 89.1 cm³/mol. The summed E-state index contributed by atoms with van der Waals surface area (Å²) in [4.78, 5) is 27.5. The molecule has 1 aromatic heterocycles. The molecule has 3 rings (SSSR count). The van der Waals surface area contributed by atoms with Crippen LogP contribution in [0.3, 0.4) is 0 Å². The molecule has 25 heavy (non-hydrogen) atoms. The summed E-state index contributed by atoms with van der Waals surface area (Å²) < 4.78 is 5.39. The van der Waals surface area contributed by atoms with E-state index in [1.54, 1.807) is 24.3 Å². The van der Waals surface area contributed by atoms with Crippen molar-refractivity contribution < 1.29 is 19.2 Å². The van der Waals surface area contributed by atoms with Crippen molar-refractivity contribution in [2.75, 3.05) is 13.1 Å². The maximum atomic E-state index is 12.1. The number of piperidine rings is 1. The van der Waals surface area contributed by atoms with Gasteiger partial charge in [-0.15, -0.1) is 0 Å². The van der Waals surface area contributed by atoms with Crippen molar-refractivity contribution >= 4 is 11.9 Å². The second-order valence-electron chi connectivity index (χ2n) is 6.09. The van der Waals surface area contributed by atoms with E-state index in [2.05, 4.69) is 20.8 Å². The van der Waals surface area contributed by atoms with E-state index in [1.807, 2.05) is 0 Å². The third kappa shape index (κ3) is 4.03. The zero-order valence-electron chi connectivity index (χ0n) is 13.9. The van der Waals surface area contributed by atoms with E-state index in [1.165, 1.54) is 6.92 Å². The minimum atomic E-state index is -1.09. The van der Waals surface area contributed by atoms with Gasteiger partial charge >= 0.3 is 5.97 Å². The molecule has 1 unspecified atom stereocenters. The number of carbonyl (C=O) groups is 2. The smallest absolute Gasteiger partial charge is 0.325 e. The highest BCUT2D eigenvalue weighted by molar-refractivity contribution is 5.97. The van der Waals surface area contributed by atoms with E-state index in [-0.39, 0.29) is 5.92 Å². The minimum Gasteiger partial charge on any atom is -0.480 e. The Morgan fingerprint density at radius 3 is 2.84 bits per heavy atom. The molecule has 8 heteroatoms. The fraction of sp³-hybridized carbons (Fsp3) is 0.412. The number of nitrogens with one attached hydrogen (secondary N) is 2. The molecule has 0 spiro atoms. The topological polar surface area (TPSA) is 117 Å². The minimum absolute atomic E-state index is 0.255. The predicted octanol–water partition coefficient (Wildman–Crippen LogP) is 1.41. The molecule has 1 atom stereocenters. The number of rotatable bonds is 5. The number of benzene rings is 1. The van der Waals surface area contributed by atoms with Gasteiger partial charge in [0.25, 0.3) is 5.91 Å². The first kappa shape index (κ1) is 17.1. The normalized spacial score (nSPS) is 16.4. The van der Waals surface area contributed by atoms with E-state index in [9.17, 15) is 9.59 Å². The Labute approximate surface area is 144 Å². The number of carboxylic acid groups (broad SMARTS) is 1. The monoisotopic (exact) mass is 344 g/mol. The van der Waals surface area contributed by atoms with E-state index in [0.717, 1.165) is 25.9 Å². The van der Waals surface area contributed by atoms with Gasteiger partial charge in [-0.1, -0.05) is 17.3 Å². The van der Waals surface area contributed by atoms with Gasteiger partial charge in [-0.3, -0.25) is 9.59 Å². The van der Waals surface area contributed by atoms with Crippen LogP contribution in [0.1, 0.15) is 41.9 Å². The third-order valence-electron chi connectivity index (χ3n) is 4.23. The lowest BCUT2D eigenvalue weighted by Gasteiger charge is -2.18. The van der Waals surface area contributed by atoms with Crippen molar-refractivity contribution in [1.29, 1.82) is 0 Å². The summed E-state index contributed by atoms with van der Waals surface area (Å²) in [6.45, 7) is 3.27. The molecule has 1 saturated heterocycles. The van der Waals surface area contributed by atoms with E-state index in [4.69, 9.17) is 9.63 Å². The van der Waals surface area contributed by atoms with Crippen molar-refractivity contribution in [3.63, 3.8) is 0 Å². The van der Waals surface area contributed by atoms with Gasteiger partial charge in [0.2, 0.25) is 11.7 Å². The molecule has 3 N–H and O–H groups in total. The summed E-state index contributed by atoms with van der Waals surface area (Å²) in [5.41, 5.74) is 0.998. The summed E-state index contributed by atoms with van der Waals surface area (Å²) in [5, 5.41) is 18.6. The van der Waals surface area contributed by atoms with Crippen LogP contribution in [0.25, 0.3) is 11.4 Å². The van der Waals surface area contributed by atoms with Gasteiger partial charge in [-0.05, 0) is 45.0 Å². The molecule has 0 radical (unpaired) electrons. The molecule has 1 aliphatic heterocycles. The van der Waals surface area contributed by atoms with Crippen molar-refractivity contribution in [2.24, 2.45) is 0 Å². The molecule has 0 aliphatic carbocycles. The molecule has 0 saturated carbocycles. The van der Waals surface area contributed by atoms with Crippen LogP contribution in [-0.2, 0) is 4.79 Å². The summed E-state index contributed by atoms with van der Waals surface area (Å²) in [6, 6.07) is 5.76. The van der Waals surface area contributed by atoms with Crippen molar-refractivity contribution in [3.05, 3.63) is 35.7 Å². The molecule has 1 aromatic carbocycles. The lowest BCUT2D eigenvalue weighted by Crippen LogP contribution is -2.38. The number of hydrogen-bond acceptors (Lipinski definition) is 6. The Morgan fingerprint density at radius 1 is 1.36 bits per heavy atom. The van der Waals surface area contributed by atoms with Crippen LogP contribution in [0.2, 0.25) is 0 Å². The zero-order valence-corrected chi connectivity index (χ0v) is 13.9. The molecule has 0 bridgehead atoms. The quantitative estimate of drug-likeness (QED) is 0.750. The molecule has 1 amide bonds. The number of nitrogens with zero attached hydrogens (tertiary/aromatic N) is 2. The first-order valence-electron chi connectivity index (χ1n) is 8.23. The molecule has 1 aliphatic rings. The van der Waals surface area contributed by atoms with Gasteiger partial charge < -0.3 is 20.3 Å². The standard InChI is InChI=1S/C17H20N4O4/c1-10(17(23)24)19-15(22)13-4-2-3-12(9-13)14-20-16(25-21-14)11-5-7-18-8-6-11/h2-4,9-11,18H,5-8H2,1H3,(H,19,22)(H,23,24). The van der Waals surface area contributed by atoms with Crippen molar-refractivity contribution in [1.82, 2.24) is 20.8 Å². The SMILES string of the molecule is CC(NC(=O)c1cccc(-c2noc(C3CCNCC3)n2)c1)C(=O)O. The second kappa shape index (κ2) is 7.43. The molecule has 132 valence electrons. The van der Waals surface area contributed by atoms with Crippen LogP contribution in [0.5, 0.6) is 0 Å². The lowest BCUT2D eigenvalue weighted by molar-refractivity contribution is -0.138. The number of hydrogen-bond donors (Lipinski definition) is 3. The molecule has 1 fully saturated rings. The largest absolute Gasteiger partial charge is 0.480 e. The van der Waals surface area contributed by atoms with Crippen LogP contribution in [0, 0.1) is 0 Å². The highest BCUT2D eigenvalue weighted by Crippen LogP contribution is 2.26. The van der Waals surface area contributed by atoms with Crippen LogP contribution >= 0.6 is 0 Å². The Hall–Kier alpha value is -2.74. The first-order chi connectivity index (χ1) is 12.0. The van der Waals surface area contributed by atoms with Crippen LogP contribution in [0.15, 0.2) is 28.8 Å². The maximum absolute atomic E-state index is 12.1. The van der Waals surface area contributed by atoms with Gasteiger partial charge in [0, 0.05) is 17.0 Å². The van der Waals surface area contributed by atoms with Crippen molar-refractivity contribution in [3.8, 4) is 11.4 Å².